The summed E-state index contributed by atoms with van der Waals surface area (Å²) in [6.07, 6.45) is 4.65. The van der Waals surface area contributed by atoms with Gasteiger partial charge in [0.05, 0.1) is 11.2 Å². The van der Waals surface area contributed by atoms with Crippen molar-refractivity contribution in [3.63, 3.8) is 0 Å². The molecule has 0 aliphatic heterocycles. The van der Waals surface area contributed by atoms with E-state index in [9.17, 15) is 4.79 Å². The predicted molar refractivity (Wildman–Crippen MR) is 146 cm³/mol. The molecule has 0 atom stereocenters. The zero-order valence-electron chi connectivity index (χ0n) is 21.1. The number of benzene rings is 2. The van der Waals surface area contributed by atoms with Gasteiger partial charge in [0.1, 0.15) is 23.4 Å². The number of aromatic amines is 1. The van der Waals surface area contributed by atoms with E-state index in [-0.39, 0.29) is 17.7 Å². The van der Waals surface area contributed by atoms with Crippen molar-refractivity contribution in [2.75, 3.05) is 5.73 Å². The highest BCUT2D eigenvalue weighted by Crippen LogP contribution is 2.39. The van der Waals surface area contributed by atoms with Crippen LogP contribution in [0.3, 0.4) is 0 Å². The topological polar surface area (TPSA) is 128 Å². The first kappa shape index (κ1) is 23.2. The molecule has 1 amide bonds. The first-order valence-corrected chi connectivity index (χ1v) is 12.9. The Labute approximate surface area is 215 Å². The van der Waals surface area contributed by atoms with Crippen molar-refractivity contribution in [2.24, 2.45) is 11.7 Å². The number of carbonyl (C=O) groups is 1. The van der Waals surface area contributed by atoms with Crippen LogP contribution in [0.4, 0.5) is 5.82 Å². The lowest BCUT2D eigenvalue weighted by Gasteiger charge is -2.25. The fourth-order valence-corrected chi connectivity index (χ4v) is 5.66. The van der Waals surface area contributed by atoms with Gasteiger partial charge in [0, 0.05) is 22.8 Å². The van der Waals surface area contributed by atoms with Gasteiger partial charge in [0.25, 0.3) is 0 Å². The zero-order chi connectivity index (χ0) is 25.7. The van der Waals surface area contributed by atoms with Gasteiger partial charge >= 0.3 is 0 Å². The van der Waals surface area contributed by atoms with Crippen LogP contribution in [0.25, 0.3) is 38.9 Å². The van der Waals surface area contributed by atoms with E-state index < -0.39 is 0 Å². The van der Waals surface area contributed by atoms with Crippen LogP contribution in [0.2, 0.25) is 0 Å². The first-order chi connectivity index (χ1) is 17.9. The second-order valence-corrected chi connectivity index (χ2v) is 10.4. The van der Waals surface area contributed by atoms with Crippen molar-refractivity contribution in [3.8, 4) is 22.5 Å². The largest absolute Gasteiger partial charge is 0.382 e. The molecular weight excluding hydrogens is 462 g/mol. The third kappa shape index (κ3) is 4.02. The van der Waals surface area contributed by atoms with Gasteiger partial charge in [-0.05, 0) is 48.8 Å². The molecule has 0 saturated heterocycles. The molecule has 37 heavy (non-hydrogen) atoms. The summed E-state index contributed by atoms with van der Waals surface area (Å²) < 4.78 is 1.82. The zero-order valence-corrected chi connectivity index (χ0v) is 21.1. The molecule has 5 N–H and O–H groups in total. The molecule has 5 aromatic rings. The number of nitrogens with zero attached hydrogens (tertiary/aromatic N) is 4. The minimum absolute atomic E-state index is 0.0667. The average molecular weight is 494 g/mol. The summed E-state index contributed by atoms with van der Waals surface area (Å²) in [5.74, 6) is 1.58. The van der Waals surface area contributed by atoms with Crippen LogP contribution >= 0.6 is 0 Å². The molecule has 1 saturated carbocycles. The van der Waals surface area contributed by atoms with Gasteiger partial charge in [-0.1, -0.05) is 56.3 Å². The predicted octanol–water partition coefficient (Wildman–Crippen LogP) is 5.40. The van der Waals surface area contributed by atoms with Gasteiger partial charge in [0.2, 0.25) is 5.91 Å². The van der Waals surface area contributed by atoms with Crippen LogP contribution in [-0.2, 0) is 4.79 Å². The fraction of sp³-hybridized carbons (Fsp3) is 0.310. The molecule has 8 nitrogen and oxygen atoms in total. The molecule has 6 rings (SSSR count). The van der Waals surface area contributed by atoms with Crippen LogP contribution in [0.15, 0.2) is 54.9 Å². The van der Waals surface area contributed by atoms with Gasteiger partial charge in [-0.3, -0.25) is 4.79 Å². The molecule has 0 radical (unpaired) electrons. The summed E-state index contributed by atoms with van der Waals surface area (Å²) in [5, 5.41) is 5.62. The molecule has 1 aliphatic carbocycles. The van der Waals surface area contributed by atoms with Gasteiger partial charge < -0.3 is 16.5 Å². The number of fused-ring (bicyclic) bond motifs is 2. The fourth-order valence-electron chi connectivity index (χ4n) is 5.66. The van der Waals surface area contributed by atoms with Crippen LogP contribution in [0.5, 0.6) is 0 Å². The highest BCUT2D eigenvalue weighted by Gasteiger charge is 2.30. The number of hydrogen-bond donors (Lipinski definition) is 3. The maximum atomic E-state index is 11.7. The van der Waals surface area contributed by atoms with Crippen molar-refractivity contribution in [1.29, 1.82) is 0 Å². The molecule has 0 bridgehead atoms. The minimum Gasteiger partial charge on any atom is -0.382 e. The Bertz CT molecular complexity index is 1620. The van der Waals surface area contributed by atoms with Gasteiger partial charge in [-0.25, -0.2) is 14.5 Å². The SMILES string of the molecule is CC(C)c1cccc(-c2cccc3cc(-c4nc(C5CCC(C(N)=O)CC5)n5ncnc(N)c45)[nH]c23)c1. The van der Waals surface area contributed by atoms with Gasteiger partial charge in [0.15, 0.2) is 5.82 Å². The van der Waals surface area contributed by atoms with Crippen molar-refractivity contribution < 1.29 is 4.79 Å². The number of carbonyl (C=O) groups excluding carboxylic acids is 1. The van der Waals surface area contributed by atoms with E-state index >= 15 is 0 Å². The molecular formula is C29H31N7O. The normalized spacial score (nSPS) is 18.1. The minimum atomic E-state index is -0.216. The number of H-pyrrole nitrogens is 1. The lowest BCUT2D eigenvalue weighted by molar-refractivity contribution is -0.122. The summed E-state index contributed by atoms with van der Waals surface area (Å²) in [5.41, 5.74) is 18.9. The lowest BCUT2D eigenvalue weighted by atomic mass is 9.81. The van der Waals surface area contributed by atoms with E-state index in [2.05, 4.69) is 77.4 Å². The first-order valence-electron chi connectivity index (χ1n) is 12.9. The van der Waals surface area contributed by atoms with Crippen LogP contribution in [-0.4, -0.2) is 30.5 Å². The molecule has 188 valence electrons. The molecule has 3 aromatic heterocycles. The number of nitrogens with one attached hydrogen (secondary N) is 1. The molecule has 1 aliphatic rings. The van der Waals surface area contributed by atoms with Crippen molar-refractivity contribution in [2.45, 2.75) is 51.4 Å². The molecule has 0 spiro atoms. The highest BCUT2D eigenvalue weighted by molar-refractivity contribution is 5.98. The second-order valence-electron chi connectivity index (χ2n) is 10.4. The maximum absolute atomic E-state index is 11.7. The van der Waals surface area contributed by atoms with Gasteiger partial charge in [-0.2, -0.15) is 5.10 Å². The van der Waals surface area contributed by atoms with Crippen molar-refractivity contribution >= 4 is 28.1 Å². The summed E-state index contributed by atoms with van der Waals surface area (Å²) in [6.45, 7) is 4.42. The molecule has 0 unspecified atom stereocenters. The quantitative estimate of drug-likeness (QED) is 0.302. The maximum Gasteiger partial charge on any atom is 0.220 e. The van der Waals surface area contributed by atoms with Crippen LogP contribution in [0.1, 0.15) is 62.8 Å². The van der Waals surface area contributed by atoms with Crippen molar-refractivity contribution in [1.82, 2.24) is 24.6 Å². The number of rotatable bonds is 5. The van der Waals surface area contributed by atoms with E-state index in [1.165, 1.54) is 17.5 Å². The number of amides is 1. The Balaban J connectivity index is 1.46. The monoisotopic (exact) mass is 493 g/mol. The molecule has 3 heterocycles. The number of aromatic nitrogens is 5. The number of nitrogens with two attached hydrogens (primary N) is 2. The van der Waals surface area contributed by atoms with E-state index in [1.807, 2.05) is 4.52 Å². The number of para-hydroxylation sites is 1. The van der Waals surface area contributed by atoms with E-state index in [1.54, 1.807) is 0 Å². The van der Waals surface area contributed by atoms with Crippen molar-refractivity contribution in [3.05, 3.63) is 66.2 Å². The van der Waals surface area contributed by atoms with Crippen LogP contribution in [0, 0.1) is 5.92 Å². The summed E-state index contributed by atoms with van der Waals surface area (Å²) >= 11 is 0. The smallest absolute Gasteiger partial charge is 0.220 e. The number of nitrogen functional groups attached to an aromatic ring is 1. The van der Waals surface area contributed by atoms with E-state index in [4.69, 9.17) is 16.5 Å². The van der Waals surface area contributed by atoms with Gasteiger partial charge in [-0.15, -0.1) is 0 Å². The standard InChI is InChI=1S/C29H31N7O/c1-16(2)19-5-3-6-20(13-19)22-8-4-7-21-14-23(34-24(21)22)25-26-27(30)32-15-33-36(26)29(35-25)18-11-9-17(10-12-18)28(31)37/h3-8,13-18,34H,9-12H2,1-2H3,(H2,31,37)(H2,30,32,33). The Kier molecular flexibility index (Phi) is 5.67. The molecule has 8 heteroatoms. The third-order valence-electron chi connectivity index (χ3n) is 7.76. The lowest BCUT2D eigenvalue weighted by Crippen LogP contribution is -2.27. The van der Waals surface area contributed by atoms with E-state index in [0.717, 1.165) is 59.4 Å². The number of imidazole rings is 1. The average Bonchev–Trinajstić information content (AvgIpc) is 3.51. The molecule has 2 aromatic carbocycles. The third-order valence-corrected chi connectivity index (χ3v) is 7.76. The number of hydrogen-bond acceptors (Lipinski definition) is 5. The number of primary amides is 1. The van der Waals surface area contributed by atoms with E-state index in [0.29, 0.717) is 17.3 Å². The Morgan fingerprint density at radius 2 is 1.86 bits per heavy atom. The number of anilines is 1. The molecule has 1 fully saturated rings. The second kappa shape index (κ2) is 9.03. The Morgan fingerprint density at radius 3 is 2.62 bits per heavy atom. The summed E-state index contributed by atoms with van der Waals surface area (Å²) in [6, 6.07) is 17.2. The highest BCUT2D eigenvalue weighted by atomic mass is 16.1. The summed E-state index contributed by atoms with van der Waals surface area (Å²) in [4.78, 5) is 24.7. The Morgan fingerprint density at radius 1 is 1.08 bits per heavy atom. The van der Waals surface area contributed by atoms with Crippen LogP contribution < -0.4 is 11.5 Å². The Hall–Kier alpha value is -4.20. The summed E-state index contributed by atoms with van der Waals surface area (Å²) in [7, 11) is 0.